The smallest absolute Gasteiger partial charge is 0.119 e. The summed E-state index contributed by atoms with van der Waals surface area (Å²) in [6.45, 7) is 0.916. The van der Waals surface area contributed by atoms with Crippen molar-refractivity contribution in [3.05, 3.63) is 51.1 Å². The Bertz CT molecular complexity index is 453. The van der Waals surface area contributed by atoms with Gasteiger partial charge in [0.1, 0.15) is 3.70 Å². The predicted molar refractivity (Wildman–Crippen MR) is 70.1 cm³/mol. The van der Waals surface area contributed by atoms with Gasteiger partial charge in [-0.15, -0.1) is 0 Å². The summed E-state index contributed by atoms with van der Waals surface area (Å²) in [5.41, 5.74) is 1.18. The van der Waals surface area contributed by atoms with Gasteiger partial charge in [-0.1, -0.05) is 29.8 Å². The van der Waals surface area contributed by atoms with Crippen molar-refractivity contribution in [2.45, 2.75) is 13.0 Å². The second kappa shape index (κ2) is 4.99. The summed E-state index contributed by atoms with van der Waals surface area (Å²) in [5.74, 6) is 0. The lowest BCUT2D eigenvalue weighted by Crippen LogP contribution is -1.98. The summed E-state index contributed by atoms with van der Waals surface area (Å²) in [4.78, 5) is 4.17. The molecule has 2 rings (SSSR count). The van der Waals surface area contributed by atoms with Gasteiger partial charge in [0, 0.05) is 17.8 Å². The Morgan fingerprint density at radius 2 is 2.13 bits per heavy atom. The number of benzene rings is 1. The van der Waals surface area contributed by atoms with Crippen molar-refractivity contribution in [1.29, 1.82) is 0 Å². The van der Waals surface area contributed by atoms with Gasteiger partial charge in [0.25, 0.3) is 0 Å². The molecule has 0 amide bonds. The molecule has 0 unspecified atom stereocenters. The lowest BCUT2D eigenvalue weighted by molar-refractivity contribution is 0.695. The molecule has 0 radical (unpaired) electrons. The van der Waals surface area contributed by atoms with Gasteiger partial charge < -0.3 is 4.57 Å². The van der Waals surface area contributed by atoms with Crippen LogP contribution in [0.2, 0.25) is 5.02 Å². The number of imidazole rings is 1. The number of nitrogens with zero attached hydrogens (tertiary/aromatic N) is 2. The van der Waals surface area contributed by atoms with Crippen molar-refractivity contribution in [3.8, 4) is 0 Å². The van der Waals surface area contributed by atoms with E-state index in [4.69, 9.17) is 11.6 Å². The SMILES string of the molecule is Clc1ccccc1CCn1cnc(I)c1. The summed E-state index contributed by atoms with van der Waals surface area (Å²) >= 11 is 8.27. The number of hydrogen-bond acceptors (Lipinski definition) is 1. The first-order valence-corrected chi connectivity index (χ1v) is 6.12. The van der Waals surface area contributed by atoms with Gasteiger partial charge in [-0.25, -0.2) is 4.98 Å². The first-order valence-electron chi connectivity index (χ1n) is 4.66. The molecule has 2 aromatic rings. The predicted octanol–water partition coefficient (Wildman–Crippen LogP) is 3.38. The fourth-order valence-corrected chi connectivity index (χ4v) is 2.12. The van der Waals surface area contributed by atoms with Gasteiger partial charge in [-0.05, 0) is 40.6 Å². The highest BCUT2D eigenvalue weighted by molar-refractivity contribution is 14.1. The molecule has 0 saturated heterocycles. The number of rotatable bonds is 3. The Kier molecular flexibility index (Phi) is 3.64. The Morgan fingerprint density at radius 3 is 2.80 bits per heavy atom. The summed E-state index contributed by atoms with van der Waals surface area (Å²) in [6.07, 6.45) is 4.81. The van der Waals surface area contributed by atoms with E-state index in [1.54, 1.807) is 0 Å². The van der Waals surface area contributed by atoms with E-state index in [-0.39, 0.29) is 0 Å². The molecule has 1 aromatic carbocycles. The van der Waals surface area contributed by atoms with E-state index in [9.17, 15) is 0 Å². The van der Waals surface area contributed by atoms with E-state index in [0.717, 1.165) is 21.7 Å². The molecule has 0 fully saturated rings. The van der Waals surface area contributed by atoms with Crippen molar-refractivity contribution >= 4 is 34.2 Å². The lowest BCUT2D eigenvalue weighted by atomic mass is 10.1. The van der Waals surface area contributed by atoms with Gasteiger partial charge >= 0.3 is 0 Å². The monoisotopic (exact) mass is 332 g/mol. The molecule has 0 bridgehead atoms. The van der Waals surface area contributed by atoms with Crippen LogP contribution in [0.15, 0.2) is 36.8 Å². The minimum Gasteiger partial charge on any atom is -0.336 e. The summed E-state index contributed by atoms with van der Waals surface area (Å²) in [5, 5.41) is 0.840. The third-order valence-electron chi connectivity index (χ3n) is 2.20. The molecular formula is C11H10ClIN2. The van der Waals surface area contributed by atoms with Crippen LogP contribution in [0, 0.1) is 3.70 Å². The zero-order valence-corrected chi connectivity index (χ0v) is 10.9. The van der Waals surface area contributed by atoms with E-state index < -0.39 is 0 Å². The lowest BCUT2D eigenvalue weighted by Gasteiger charge is -2.04. The van der Waals surface area contributed by atoms with Crippen LogP contribution in [0.3, 0.4) is 0 Å². The first kappa shape index (κ1) is 11.0. The maximum absolute atomic E-state index is 6.07. The standard InChI is InChI=1S/C11H10ClIN2/c12-10-4-2-1-3-9(10)5-6-15-7-11(13)14-8-15/h1-4,7-8H,5-6H2. The highest BCUT2D eigenvalue weighted by Gasteiger charge is 2.00. The van der Waals surface area contributed by atoms with Crippen LogP contribution < -0.4 is 0 Å². The molecule has 15 heavy (non-hydrogen) atoms. The zero-order chi connectivity index (χ0) is 10.7. The average molecular weight is 333 g/mol. The molecule has 0 saturated carbocycles. The highest BCUT2D eigenvalue weighted by atomic mass is 127. The topological polar surface area (TPSA) is 17.8 Å². The highest BCUT2D eigenvalue weighted by Crippen LogP contribution is 2.16. The minimum absolute atomic E-state index is 0.840. The van der Waals surface area contributed by atoms with E-state index in [0.29, 0.717) is 0 Å². The Balaban J connectivity index is 2.02. The molecule has 1 heterocycles. The molecular weight excluding hydrogens is 322 g/mol. The van der Waals surface area contributed by atoms with Crippen LogP contribution in [0.25, 0.3) is 0 Å². The Morgan fingerprint density at radius 1 is 1.33 bits per heavy atom. The van der Waals surface area contributed by atoms with Crippen molar-refractivity contribution in [2.75, 3.05) is 0 Å². The molecule has 4 heteroatoms. The van der Waals surface area contributed by atoms with Crippen LogP contribution in [-0.4, -0.2) is 9.55 Å². The maximum atomic E-state index is 6.07. The van der Waals surface area contributed by atoms with E-state index in [1.807, 2.05) is 30.7 Å². The quantitative estimate of drug-likeness (QED) is 0.788. The average Bonchev–Trinajstić information content (AvgIpc) is 2.63. The second-order valence-corrected chi connectivity index (χ2v) is 4.79. The fraction of sp³-hybridized carbons (Fsp3) is 0.182. The third-order valence-corrected chi connectivity index (χ3v) is 3.12. The minimum atomic E-state index is 0.840. The molecule has 0 aliphatic heterocycles. The summed E-state index contributed by atoms with van der Waals surface area (Å²) in [7, 11) is 0. The summed E-state index contributed by atoms with van der Waals surface area (Å²) < 4.78 is 3.09. The van der Waals surface area contributed by atoms with E-state index >= 15 is 0 Å². The first-order chi connectivity index (χ1) is 7.25. The van der Waals surface area contributed by atoms with Crippen molar-refractivity contribution in [2.24, 2.45) is 0 Å². The zero-order valence-electron chi connectivity index (χ0n) is 8.03. The largest absolute Gasteiger partial charge is 0.336 e. The van der Waals surface area contributed by atoms with Gasteiger partial charge in [-0.3, -0.25) is 0 Å². The molecule has 78 valence electrons. The van der Waals surface area contributed by atoms with Crippen molar-refractivity contribution in [3.63, 3.8) is 0 Å². The van der Waals surface area contributed by atoms with Gasteiger partial charge in [-0.2, -0.15) is 0 Å². The molecule has 0 aliphatic rings. The normalized spacial score (nSPS) is 10.5. The van der Waals surface area contributed by atoms with Crippen LogP contribution in [0.4, 0.5) is 0 Å². The summed E-state index contributed by atoms with van der Waals surface area (Å²) in [6, 6.07) is 7.95. The van der Waals surface area contributed by atoms with Crippen molar-refractivity contribution < 1.29 is 0 Å². The van der Waals surface area contributed by atoms with Gasteiger partial charge in [0.15, 0.2) is 0 Å². The van der Waals surface area contributed by atoms with Crippen LogP contribution in [0.5, 0.6) is 0 Å². The number of halogens is 2. The van der Waals surface area contributed by atoms with E-state index in [1.165, 1.54) is 5.56 Å². The molecule has 1 aromatic heterocycles. The number of aromatic nitrogens is 2. The van der Waals surface area contributed by atoms with Crippen molar-refractivity contribution in [1.82, 2.24) is 9.55 Å². The second-order valence-electron chi connectivity index (χ2n) is 3.28. The number of hydrogen-bond donors (Lipinski definition) is 0. The number of aryl methyl sites for hydroxylation is 2. The van der Waals surface area contributed by atoms with Crippen LogP contribution in [0.1, 0.15) is 5.56 Å². The molecule has 0 spiro atoms. The van der Waals surface area contributed by atoms with E-state index in [2.05, 4.69) is 38.2 Å². The molecule has 0 aliphatic carbocycles. The Hall–Kier alpha value is -0.550. The molecule has 0 atom stereocenters. The van der Waals surface area contributed by atoms with Gasteiger partial charge in [0.2, 0.25) is 0 Å². The Labute approximate surface area is 107 Å². The fourth-order valence-electron chi connectivity index (χ4n) is 1.41. The van der Waals surface area contributed by atoms with Crippen LogP contribution >= 0.6 is 34.2 Å². The molecule has 2 nitrogen and oxygen atoms in total. The van der Waals surface area contributed by atoms with Crippen LogP contribution in [-0.2, 0) is 13.0 Å². The van der Waals surface area contributed by atoms with Gasteiger partial charge in [0.05, 0.1) is 6.33 Å². The maximum Gasteiger partial charge on any atom is 0.119 e. The third kappa shape index (κ3) is 2.95. The molecule has 0 N–H and O–H groups in total.